The van der Waals surface area contributed by atoms with Crippen molar-refractivity contribution in [3.05, 3.63) is 22.6 Å². The number of nitrogens with one attached hydrogen (secondary N) is 1. The van der Waals surface area contributed by atoms with Gasteiger partial charge in [-0.05, 0) is 23.7 Å². The zero-order valence-electron chi connectivity index (χ0n) is 5.31. The molecule has 5 heteroatoms. The molecule has 0 bridgehead atoms. The molecule has 0 unspecified atom stereocenters. The first-order valence-electron chi connectivity index (χ1n) is 2.93. The Kier molecular flexibility index (Phi) is 1.47. The Labute approximate surface area is 72.4 Å². The quantitative estimate of drug-likeness (QED) is 0.644. The Hall–Kier alpha value is -0.800. The van der Waals surface area contributed by atoms with E-state index in [-0.39, 0.29) is 0 Å². The molecule has 0 atom stereocenters. The number of fused-ring (bicyclic) bond motifs is 1. The summed E-state index contributed by atoms with van der Waals surface area (Å²) in [6, 6.07) is 3.42. The summed E-state index contributed by atoms with van der Waals surface area (Å²) in [7, 11) is 0. The molecule has 0 saturated heterocycles. The van der Waals surface area contributed by atoms with E-state index in [1.807, 2.05) is 0 Å². The van der Waals surface area contributed by atoms with Crippen LogP contribution in [-0.4, -0.2) is 15.0 Å². The molecule has 0 amide bonds. The molecule has 0 radical (unpaired) electrons. The molecule has 0 aliphatic carbocycles. The van der Waals surface area contributed by atoms with Crippen LogP contribution in [0.25, 0.3) is 11.2 Å². The molecule has 3 nitrogen and oxygen atoms in total. The Morgan fingerprint density at radius 2 is 2.00 bits per heavy atom. The minimum atomic E-state index is 0.328. The Morgan fingerprint density at radius 1 is 1.18 bits per heavy atom. The molecular formula is C6H3Cl2N3. The van der Waals surface area contributed by atoms with Gasteiger partial charge in [-0.25, -0.2) is 9.97 Å². The Morgan fingerprint density at radius 3 is 2.82 bits per heavy atom. The lowest BCUT2D eigenvalue weighted by molar-refractivity contribution is 1.30. The Bertz CT molecular complexity index is 396. The van der Waals surface area contributed by atoms with Crippen molar-refractivity contribution in [1.82, 2.24) is 15.0 Å². The maximum absolute atomic E-state index is 5.63. The van der Waals surface area contributed by atoms with Crippen molar-refractivity contribution in [3.63, 3.8) is 0 Å². The molecule has 2 rings (SSSR count). The van der Waals surface area contributed by atoms with Crippen LogP contribution >= 0.6 is 23.2 Å². The third-order valence-electron chi connectivity index (χ3n) is 1.28. The highest BCUT2D eigenvalue weighted by atomic mass is 35.5. The molecule has 11 heavy (non-hydrogen) atoms. The molecule has 2 aromatic rings. The molecule has 0 saturated carbocycles. The van der Waals surface area contributed by atoms with E-state index in [9.17, 15) is 0 Å². The van der Waals surface area contributed by atoms with Gasteiger partial charge in [0.15, 0.2) is 5.65 Å². The van der Waals surface area contributed by atoms with Gasteiger partial charge in [-0.15, -0.1) is 0 Å². The van der Waals surface area contributed by atoms with Crippen LogP contribution in [0.4, 0.5) is 0 Å². The number of hydrogen-bond acceptors (Lipinski definition) is 2. The highest BCUT2D eigenvalue weighted by Crippen LogP contribution is 2.14. The second kappa shape index (κ2) is 2.36. The smallest absolute Gasteiger partial charge is 0.202 e. The summed E-state index contributed by atoms with van der Waals surface area (Å²) < 4.78 is 0. The standard InChI is InChI=1S/C6H3Cl2N3/c7-4-2-1-3-5(10-4)11-6(8)9-3/h1-2H,(H,9,10,11). The SMILES string of the molecule is Clc1ccc2nc(Cl)[nH]c2n1. The molecular weight excluding hydrogens is 185 g/mol. The minimum absolute atomic E-state index is 0.328. The second-order valence-electron chi connectivity index (χ2n) is 2.03. The largest absolute Gasteiger partial charge is 0.313 e. The summed E-state index contributed by atoms with van der Waals surface area (Å²) in [5.74, 6) is 0. The van der Waals surface area contributed by atoms with Crippen LogP contribution in [0.2, 0.25) is 10.4 Å². The van der Waals surface area contributed by atoms with Crippen LogP contribution in [0.5, 0.6) is 0 Å². The van der Waals surface area contributed by atoms with E-state index >= 15 is 0 Å². The van der Waals surface area contributed by atoms with E-state index in [1.165, 1.54) is 0 Å². The van der Waals surface area contributed by atoms with Crippen molar-refractivity contribution in [3.8, 4) is 0 Å². The van der Waals surface area contributed by atoms with Crippen LogP contribution in [-0.2, 0) is 0 Å². The summed E-state index contributed by atoms with van der Waals surface area (Å²) in [6.07, 6.45) is 0. The molecule has 0 aromatic carbocycles. The lowest BCUT2D eigenvalue weighted by atomic mass is 10.4. The fourth-order valence-electron chi connectivity index (χ4n) is 0.842. The number of aromatic amines is 1. The first-order chi connectivity index (χ1) is 5.25. The van der Waals surface area contributed by atoms with Crippen molar-refractivity contribution in [2.24, 2.45) is 0 Å². The number of rotatable bonds is 0. The van der Waals surface area contributed by atoms with Crippen molar-refractivity contribution in [2.45, 2.75) is 0 Å². The molecule has 0 aliphatic heterocycles. The third-order valence-corrected chi connectivity index (χ3v) is 1.67. The van der Waals surface area contributed by atoms with Crippen LogP contribution in [0.15, 0.2) is 12.1 Å². The van der Waals surface area contributed by atoms with Gasteiger partial charge in [0, 0.05) is 0 Å². The van der Waals surface area contributed by atoms with E-state index in [0.717, 1.165) is 5.52 Å². The minimum Gasteiger partial charge on any atom is -0.313 e. The average Bonchev–Trinajstić information content (AvgIpc) is 2.27. The number of halogens is 2. The molecule has 0 spiro atoms. The lowest BCUT2D eigenvalue weighted by Gasteiger charge is -1.86. The second-order valence-corrected chi connectivity index (χ2v) is 2.77. The van der Waals surface area contributed by atoms with Crippen LogP contribution in [0.1, 0.15) is 0 Å². The predicted molar refractivity (Wildman–Crippen MR) is 43.9 cm³/mol. The summed E-state index contributed by atoms with van der Waals surface area (Å²) >= 11 is 11.2. The van der Waals surface area contributed by atoms with Crippen LogP contribution in [0, 0.1) is 0 Å². The maximum Gasteiger partial charge on any atom is 0.202 e. The highest BCUT2D eigenvalue weighted by Gasteiger charge is 2.00. The number of nitrogens with zero attached hydrogens (tertiary/aromatic N) is 2. The number of aromatic nitrogens is 3. The fraction of sp³-hybridized carbons (Fsp3) is 0. The van der Waals surface area contributed by atoms with Gasteiger partial charge in [-0.2, -0.15) is 0 Å². The summed E-state index contributed by atoms with van der Waals surface area (Å²) in [5, 5.41) is 0.757. The zero-order chi connectivity index (χ0) is 7.84. The van der Waals surface area contributed by atoms with E-state index in [2.05, 4.69) is 15.0 Å². The van der Waals surface area contributed by atoms with Crippen molar-refractivity contribution >= 4 is 34.4 Å². The van der Waals surface area contributed by atoms with Crippen molar-refractivity contribution < 1.29 is 0 Å². The van der Waals surface area contributed by atoms with Crippen LogP contribution in [0.3, 0.4) is 0 Å². The maximum atomic E-state index is 5.63. The topological polar surface area (TPSA) is 41.6 Å². The molecule has 1 N–H and O–H groups in total. The fourth-order valence-corrected chi connectivity index (χ4v) is 1.17. The predicted octanol–water partition coefficient (Wildman–Crippen LogP) is 2.26. The van der Waals surface area contributed by atoms with E-state index in [1.54, 1.807) is 12.1 Å². The molecule has 0 fully saturated rings. The summed E-state index contributed by atoms with van der Waals surface area (Å²) in [6.45, 7) is 0. The number of imidazole rings is 1. The van der Waals surface area contributed by atoms with Gasteiger partial charge < -0.3 is 4.98 Å². The average molecular weight is 188 g/mol. The third kappa shape index (κ3) is 1.17. The first-order valence-corrected chi connectivity index (χ1v) is 3.69. The van der Waals surface area contributed by atoms with Crippen LogP contribution < -0.4 is 0 Å². The zero-order valence-corrected chi connectivity index (χ0v) is 6.82. The van der Waals surface area contributed by atoms with Gasteiger partial charge in [-0.3, -0.25) is 0 Å². The van der Waals surface area contributed by atoms with Gasteiger partial charge in [0.25, 0.3) is 0 Å². The normalized spacial score (nSPS) is 10.7. The molecule has 56 valence electrons. The first kappa shape index (κ1) is 6.88. The van der Waals surface area contributed by atoms with Crippen molar-refractivity contribution in [2.75, 3.05) is 0 Å². The Balaban J connectivity index is 2.82. The number of H-pyrrole nitrogens is 1. The molecule has 2 aromatic heterocycles. The highest BCUT2D eigenvalue weighted by molar-refractivity contribution is 6.30. The van der Waals surface area contributed by atoms with E-state index in [0.29, 0.717) is 16.1 Å². The number of pyridine rings is 1. The summed E-state index contributed by atoms with van der Waals surface area (Å²) in [5.41, 5.74) is 1.34. The van der Waals surface area contributed by atoms with Gasteiger partial charge in [0.2, 0.25) is 5.28 Å². The van der Waals surface area contributed by atoms with Gasteiger partial charge >= 0.3 is 0 Å². The van der Waals surface area contributed by atoms with Gasteiger partial charge in [0.05, 0.1) is 0 Å². The van der Waals surface area contributed by atoms with Gasteiger partial charge in [-0.1, -0.05) is 11.6 Å². The van der Waals surface area contributed by atoms with E-state index in [4.69, 9.17) is 23.2 Å². The van der Waals surface area contributed by atoms with Gasteiger partial charge in [0.1, 0.15) is 10.7 Å². The lowest BCUT2D eigenvalue weighted by Crippen LogP contribution is -1.75. The number of hydrogen-bond donors (Lipinski definition) is 1. The van der Waals surface area contributed by atoms with E-state index < -0.39 is 0 Å². The van der Waals surface area contributed by atoms with Crippen molar-refractivity contribution in [1.29, 1.82) is 0 Å². The monoisotopic (exact) mass is 187 g/mol. The summed E-state index contributed by atoms with van der Waals surface area (Å²) in [4.78, 5) is 10.7. The molecule has 0 aliphatic rings. The molecule has 2 heterocycles.